The minimum atomic E-state index is -0.465. The van der Waals surface area contributed by atoms with E-state index in [1.165, 1.54) is 26.4 Å². The Hall–Kier alpha value is -4.06. The molecule has 6 nitrogen and oxygen atoms in total. The number of rotatable bonds is 6. The number of methoxy groups -OCH3 is 2. The normalized spacial score (nSPS) is 21.0. The van der Waals surface area contributed by atoms with E-state index in [-0.39, 0.29) is 23.7 Å². The second-order valence-electron chi connectivity index (χ2n) is 9.25. The Kier molecular flexibility index (Phi) is 6.27. The number of hydrogen-bond donors (Lipinski definition) is 0. The highest BCUT2D eigenvalue weighted by atomic mass is 16.5. The van der Waals surface area contributed by atoms with Gasteiger partial charge in [-0.05, 0) is 36.1 Å². The van der Waals surface area contributed by atoms with E-state index in [1.54, 1.807) is 12.1 Å². The van der Waals surface area contributed by atoms with Gasteiger partial charge in [0.2, 0.25) is 0 Å². The lowest BCUT2D eigenvalue weighted by atomic mass is 9.50. The minimum Gasteiger partial charge on any atom is -0.496 e. The van der Waals surface area contributed by atoms with Crippen molar-refractivity contribution in [3.63, 3.8) is 0 Å². The van der Waals surface area contributed by atoms with Gasteiger partial charge in [0, 0.05) is 35.8 Å². The van der Waals surface area contributed by atoms with Crippen LogP contribution in [-0.2, 0) is 0 Å². The second kappa shape index (κ2) is 9.53. The fourth-order valence-corrected chi connectivity index (χ4v) is 5.66. The van der Waals surface area contributed by atoms with Crippen molar-refractivity contribution < 1.29 is 18.3 Å². The SMILES string of the molecule is COc1cc(C2C(c3ccccc3C)C(c3cc(OC)cc(=O)o3)C2c2ccccc2C)oc(=O)c1. The third kappa shape index (κ3) is 4.13. The van der Waals surface area contributed by atoms with Gasteiger partial charge in [-0.2, -0.15) is 0 Å². The first-order chi connectivity index (χ1) is 17.4. The maximum Gasteiger partial charge on any atom is 0.339 e. The van der Waals surface area contributed by atoms with Gasteiger partial charge in [-0.25, -0.2) is 9.59 Å². The Morgan fingerprint density at radius 1 is 0.583 bits per heavy atom. The molecule has 4 aromatic rings. The fraction of sp³-hybridized carbons (Fsp3) is 0.267. The van der Waals surface area contributed by atoms with Crippen molar-refractivity contribution in [1.29, 1.82) is 0 Å². The third-order valence-corrected chi connectivity index (χ3v) is 7.30. The summed E-state index contributed by atoms with van der Waals surface area (Å²) in [6.07, 6.45) is 0. The van der Waals surface area contributed by atoms with Crippen molar-refractivity contribution in [1.82, 2.24) is 0 Å². The van der Waals surface area contributed by atoms with E-state index < -0.39 is 11.3 Å². The van der Waals surface area contributed by atoms with Gasteiger partial charge in [0.05, 0.1) is 26.4 Å². The van der Waals surface area contributed by atoms with E-state index >= 15 is 0 Å². The molecule has 0 amide bonds. The summed E-state index contributed by atoms with van der Waals surface area (Å²) >= 11 is 0. The highest BCUT2D eigenvalue weighted by molar-refractivity contribution is 5.49. The molecule has 5 rings (SSSR count). The predicted molar refractivity (Wildman–Crippen MR) is 136 cm³/mol. The fourth-order valence-electron chi connectivity index (χ4n) is 5.66. The van der Waals surface area contributed by atoms with Crippen LogP contribution in [0.1, 0.15) is 57.4 Å². The van der Waals surface area contributed by atoms with Crippen LogP contribution in [0.3, 0.4) is 0 Å². The molecule has 0 spiro atoms. The summed E-state index contributed by atoms with van der Waals surface area (Å²) < 4.78 is 22.4. The molecule has 1 fully saturated rings. The first-order valence-electron chi connectivity index (χ1n) is 11.9. The molecule has 0 radical (unpaired) electrons. The van der Waals surface area contributed by atoms with Crippen LogP contribution in [0.4, 0.5) is 0 Å². The van der Waals surface area contributed by atoms with E-state index in [2.05, 4.69) is 38.1 Å². The highest BCUT2D eigenvalue weighted by Gasteiger charge is 2.56. The summed E-state index contributed by atoms with van der Waals surface area (Å²) in [5.74, 6) is 1.34. The Balaban J connectivity index is 1.78. The molecule has 1 aliphatic rings. The van der Waals surface area contributed by atoms with Gasteiger partial charge >= 0.3 is 11.3 Å². The molecule has 36 heavy (non-hydrogen) atoms. The lowest BCUT2D eigenvalue weighted by Crippen LogP contribution is -2.41. The molecule has 0 saturated heterocycles. The molecule has 1 aliphatic carbocycles. The summed E-state index contributed by atoms with van der Waals surface area (Å²) in [6.45, 7) is 4.13. The molecule has 0 N–H and O–H groups in total. The lowest BCUT2D eigenvalue weighted by molar-refractivity contribution is 0.167. The topological polar surface area (TPSA) is 78.9 Å². The van der Waals surface area contributed by atoms with Crippen LogP contribution in [0.25, 0.3) is 0 Å². The van der Waals surface area contributed by atoms with Crippen molar-refractivity contribution in [2.75, 3.05) is 14.2 Å². The summed E-state index contributed by atoms with van der Waals surface area (Å²) in [5.41, 5.74) is 3.49. The van der Waals surface area contributed by atoms with E-state index in [4.69, 9.17) is 18.3 Å². The van der Waals surface area contributed by atoms with E-state index in [9.17, 15) is 9.59 Å². The number of aryl methyl sites for hydroxylation is 2. The Bertz CT molecular complexity index is 1390. The van der Waals surface area contributed by atoms with Crippen molar-refractivity contribution in [2.24, 2.45) is 0 Å². The molecule has 1 saturated carbocycles. The van der Waals surface area contributed by atoms with Gasteiger partial charge in [0.1, 0.15) is 23.0 Å². The Morgan fingerprint density at radius 2 is 0.972 bits per heavy atom. The molecule has 184 valence electrons. The first kappa shape index (κ1) is 23.7. The van der Waals surface area contributed by atoms with E-state index in [0.29, 0.717) is 23.0 Å². The standard InChI is InChI=1S/C30H28O6/c1-17-9-5-7-11-21(17)27-29(23-13-19(33-3)15-25(31)35-23)28(22-12-8-6-10-18(22)2)30(27)24-14-20(34-4)16-26(32)36-24/h5-16,27-30H,1-4H3. The number of ether oxygens (including phenoxy) is 2. The summed E-state index contributed by atoms with van der Waals surface area (Å²) in [6, 6.07) is 22.6. The van der Waals surface area contributed by atoms with Gasteiger partial charge in [0.15, 0.2) is 0 Å². The average molecular weight is 485 g/mol. The van der Waals surface area contributed by atoms with Crippen LogP contribution in [0.2, 0.25) is 0 Å². The van der Waals surface area contributed by atoms with Gasteiger partial charge in [0.25, 0.3) is 0 Å². The maximum absolute atomic E-state index is 12.5. The molecule has 0 unspecified atom stereocenters. The molecule has 2 aromatic carbocycles. The van der Waals surface area contributed by atoms with Crippen LogP contribution in [0, 0.1) is 13.8 Å². The zero-order valence-electron chi connectivity index (χ0n) is 20.7. The van der Waals surface area contributed by atoms with E-state index in [1.807, 2.05) is 24.3 Å². The maximum atomic E-state index is 12.5. The minimum absolute atomic E-state index is 0.124. The van der Waals surface area contributed by atoms with Gasteiger partial charge < -0.3 is 18.3 Å². The first-order valence-corrected chi connectivity index (χ1v) is 11.9. The van der Waals surface area contributed by atoms with Crippen LogP contribution < -0.4 is 20.7 Å². The van der Waals surface area contributed by atoms with Crippen molar-refractivity contribution in [3.05, 3.63) is 127 Å². The quantitative estimate of drug-likeness (QED) is 0.351. The zero-order valence-corrected chi connectivity index (χ0v) is 20.7. The average Bonchev–Trinajstić information content (AvgIpc) is 2.85. The summed E-state index contributed by atoms with van der Waals surface area (Å²) in [4.78, 5) is 25.0. The molecule has 0 bridgehead atoms. The highest BCUT2D eigenvalue weighted by Crippen LogP contribution is 2.67. The molecule has 2 aromatic heterocycles. The van der Waals surface area contributed by atoms with Gasteiger partial charge in [-0.1, -0.05) is 48.5 Å². The van der Waals surface area contributed by atoms with Crippen molar-refractivity contribution in [3.8, 4) is 11.5 Å². The van der Waals surface area contributed by atoms with Crippen LogP contribution in [0.5, 0.6) is 11.5 Å². The molecule has 2 heterocycles. The summed E-state index contributed by atoms with van der Waals surface area (Å²) in [5, 5.41) is 0. The van der Waals surface area contributed by atoms with Crippen LogP contribution in [0.15, 0.2) is 91.2 Å². The lowest BCUT2D eigenvalue weighted by Gasteiger charge is -2.52. The second-order valence-corrected chi connectivity index (χ2v) is 9.25. The number of benzene rings is 2. The van der Waals surface area contributed by atoms with Crippen LogP contribution in [-0.4, -0.2) is 14.2 Å². The van der Waals surface area contributed by atoms with Crippen molar-refractivity contribution >= 4 is 0 Å². The van der Waals surface area contributed by atoms with Gasteiger partial charge in [-0.3, -0.25) is 0 Å². The molecular weight excluding hydrogens is 456 g/mol. The Labute approximate surface area is 209 Å². The van der Waals surface area contributed by atoms with Gasteiger partial charge in [-0.15, -0.1) is 0 Å². The van der Waals surface area contributed by atoms with Crippen molar-refractivity contribution in [2.45, 2.75) is 37.5 Å². The third-order valence-electron chi connectivity index (χ3n) is 7.30. The zero-order chi connectivity index (χ0) is 25.4. The largest absolute Gasteiger partial charge is 0.496 e. The summed E-state index contributed by atoms with van der Waals surface area (Å²) in [7, 11) is 3.06. The monoisotopic (exact) mass is 484 g/mol. The molecule has 6 heteroatoms. The smallest absolute Gasteiger partial charge is 0.339 e. The molecular formula is C30H28O6. The molecule has 0 aliphatic heterocycles. The number of hydrogen-bond acceptors (Lipinski definition) is 6. The predicted octanol–water partition coefficient (Wildman–Crippen LogP) is 5.68. The van der Waals surface area contributed by atoms with E-state index in [0.717, 1.165) is 22.3 Å². The van der Waals surface area contributed by atoms with Crippen LogP contribution >= 0.6 is 0 Å². The Morgan fingerprint density at radius 3 is 1.33 bits per heavy atom. The molecule has 0 atom stereocenters.